The highest BCUT2D eigenvalue weighted by molar-refractivity contribution is 5.69. The van der Waals surface area contributed by atoms with E-state index < -0.39 is 0 Å². The smallest absolute Gasteiger partial charge is 0.306 e. The first-order valence-corrected chi connectivity index (χ1v) is 8.88. The van der Waals surface area contributed by atoms with Crippen LogP contribution in [-0.2, 0) is 19.0 Å². The van der Waals surface area contributed by atoms with Crippen molar-refractivity contribution in [1.29, 1.82) is 0 Å². The van der Waals surface area contributed by atoms with E-state index >= 15 is 0 Å². The van der Waals surface area contributed by atoms with E-state index in [9.17, 15) is 4.79 Å². The lowest BCUT2D eigenvalue weighted by Crippen LogP contribution is -2.47. The van der Waals surface area contributed by atoms with Gasteiger partial charge in [0.1, 0.15) is 0 Å². The number of hydrogen-bond acceptors (Lipinski definition) is 5. The summed E-state index contributed by atoms with van der Waals surface area (Å²) < 4.78 is 16.7. The monoisotopic (exact) mass is 311 g/mol. The van der Waals surface area contributed by atoms with Gasteiger partial charge < -0.3 is 19.1 Å². The van der Waals surface area contributed by atoms with E-state index in [0.717, 1.165) is 52.0 Å². The van der Waals surface area contributed by atoms with Crippen LogP contribution in [0.25, 0.3) is 0 Å². The Bertz CT molecular complexity index is 363. The van der Waals surface area contributed by atoms with Crippen LogP contribution in [0.5, 0.6) is 0 Å². The number of rotatable bonds is 4. The minimum absolute atomic E-state index is 0.0314. The van der Waals surface area contributed by atoms with Gasteiger partial charge in [-0.15, -0.1) is 0 Å². The summed E-state index contributed by atoms with van der Waals surface area (Å²) in [6.45, 7) is 6.10. The molecule has 1 aliphatic carbocycles. The third kappa shape index (κ3) is 3.81. The minimum atomic E-state index is -0.251. The Kier molecular flexibility index (Phi) is 5.37. The Balaban J connectivity index is 1.40. The molecule has 0 amide bonds. The SMILES string of the molecule is CCOC(=O)CC1CCN(C2CCC3(CC2)OCCO3)CC1. The topological polar surface area (TPSA) is 48.0 Å². The molecule has 3 fully saturated rings. The molecule has 0 bridgehead atoms. The number of nitrogens with zero attached hydrogens (tertiary/aromatic N) is 1. The number of hydrogen-bond donors (Lipinski definition) is 0. The second kappa shape index (κ2) is 7.28. The summed E-state index contributed by atoms with van der Waals surface area (Å²) in [5, 5.41) is 0. The zero-order valence-electron chi connectivity index (χ0n) is 13.7. The van der Waals surface area contributed by atoms with Crippen LogP contribution in [0.2, 0.25) is 0 Å². The predicted molar refractivity (Wildman–Crippen MR) is 82.4 cm³/mol. The van der Waals surface area contributed by atoms with Crippen LogP contribution in [0.15, 0.2) is 0 Å². The molecule has 3 aliphatic rings. The van der Waals surface area contributed by atoms with Gasteiger partial charge in [-0.3, -0.25) is 4.79 Å². The maximum Gasteiger partial charge on any atom is 0.306 e. The Hall–Kier alpha value is -0.650. The van der Waals surface area contributed by atoms with E-state index in [4.69, 9.17) is 14.2 Å². The summed E-state index contributed by atoms with van der Waals surface area (Å²) in [5.41, 5.74) is 0. The fourth-order valence-electron chi connectivity index (χ4n) is 4.17. The van der Waals surface area contributed by atoms with E-state index in [1.54, 1.807) is 0 Å². The van der Waals surface area contributed by atoms with Crippen LogP contribution < -0.4 is 0 Å². The van der Waals surface area contributed by atoms with Crippen molar-refractivity contribution in [3.8, 4) is 0 Å². The normalized spacial score (nSPS) is 27.3. The number of ether oxygens (including phenoxy) is 3. The minimum Gasteiger partial charge on any atom is -0.466 e. The Morgan fingerprint density at radius 2 is 1.77 bits per heavy atom. The molecule has 0 aromatic carbocycles. The number of piperidine rings is 1. The first kappa shape index (κ1) is 16.2. The molecular formula is C17H29NO4. The van der Waals surface area contributed by atoms with E-state index in [0.29, 0.717) is 25.0 Å². The molecule has 0 aromatic rings. The van der Waals surface area contributed by atoms with Crippen molar-refractivity contribution >= 4 is 5.97 Å². The lowest BCUT2D eigenvalue weighted by Gasteiger charge is -2.43. The van der Waals surface area contributed by atoms with Gasteiger partial charge in [-0.25, -0.2) is 0 Å². The predicted octanol–water partition coefficient (Wildman–Crippen LogP) is 2.34. The van der Waals surface area contributed by atoms with Crippen molar-refractivity contribution in [2.45, 2.75) is 63.7 Å². The first-order valence-electron chi connectivity index (χ1n) is 8.88. The van der Waals surface area contributed by atoms with Gasteiger partial charge in [-0.1, -0.05) is 0 Å². The zero-order chi connectivity index (χ0) is 15.4. The highest BCUT2D eigenvalue weighted by Gasteiger charge is 2.41. The molecule has 3 rings (SSSR count). The fourth-order valence-corrected chi connectivity index (χ4v) is 4.17. The van der Waals surface area contributed by atoms with Crippen molar-refractivity contribution in [1.82, 2.24) is 4.90 Å². The van der Waals surface area contributed by atoms with Gasteiger partial charge in [-0.2, -0.15) is 0 Å². The number of carbonyl (C=O) groups is 1. The molecule has 126 valence electrons. The van der Waals surface area contributed by atoms with Crippen LogP contribution >= 0.6 is 0 Å². The summed E-state index contributed by atoms with van der Waals surface area (Å²) in [5.74, 6) is 0.224. The second-order valence-electron chi connectivity index (χ2n) is 6.83. The van der Waals surface area contributed by atoms with E-state index in [1.165, 1.54) is 12.8 Å². The van der Waals surface area contributed by atoms with Crippen molar-refractivity contribution < 1.29 is 19.0 Å². The van der Waals surface area contributed by atoms with Gasteiger partial charge in [0.15, 0.2) is 5.79 Å². The molecule has 5 heteroatoms. The molecule has 2 saturated heterocycles. The Morgan fingerprint density at radius 1 is 1.14 bits per heavy atom. The molecule has 1 spiro atoms. The molecule has 1 saturated carbocycles. The molecule has 0 radical (unpaired) electrons. The summed E-state index contributed by atoms with van der Waals surface area (Å²) in [4.78, 5) is 14.2. The van der Waals surface area contributed by atoms with Crippen molar-refractivity contribution in [2.75, 3.05) is 32.9 Å². The third-order valence-corrected chi connectivity index (χ3v) is 5.46. The molecule has 5 nitrogen and oxygen atoms in total. The van der Waals surface area contributed by atoms with E-state index in [-0.39, 0.29) is 11.8 Å². The maximum absolute atomic E-state index is 11.6. The van der Waals surface area contributed by atoms with Gasteiger partial charge in [0, 0.05) is 25.3 Å². The van der Waals surface area contributed by atoms with Gasteiger partial charge in [0.2, 0.25) is 0 Å². The van der Waals surface area contributed by atoms with Crippen LogP contribution in [0.4, 0.5) is 0 Å². The van der Waals surface area contributed by atoms with Gasteiger partial charge in [0.05, 0.1) is 19.8 Å². The lowest BCUT2D eigenvalue weighted by molar-refractivity contribution is -0.184. The summed E-state index contributed by atoms with van der Waals surface area (Å²) >= 11 is 0. The standard InChI is InChI=1S/C17H29NO4/c1-2-20-16(19)13-14-5-9-18(10-6-14)15-3-7-17(8-4-15)21-11-12-22-17/h14-15H,2-13H2,1H3. The van der Waals surface area contributed by atoms with Gasteiger partial charge >= 0.3 is 5.97 Å². The van der Waals surface area contributed by atoms with Gasteiger partial charge in [0.25, 0.3) is 0 Å². The number of likely N-dealkylation sites (tertiary alicyclic amines) is 1. The first-order chi connectivity index (χ1) is 10.7. The molecule has 2 heterocycles. The quantitative estimate of drug-likeness (QED) is 0.746. The van der Waals surface area contributed by atoms with Gasteiger partial charge in [-0.05, 0) is 51.6 Å². The highest BCUT2D eigenvalue weighted by atomic mass is 16.7. The molecular weight excluding hydrogens is 282 g/mol. The van der Waals surface area contributed by atoms with Crippen molar-refractivity contribution in [2.24, 2.45) is 5.92 Å². The summed E-state index contributed by atoms with van der Waals surface area (Å²) in [7, 11) is 0. The largest absolute Gasteiger partial charge is 0.466 e. The van der Waals surface area contributed by atoms with Crippen LogP contribution in [-0.4, -0.2) is 55.6 Å². The van der Waals surface area contributed by atoms with E-state index in [1.807, 2.05) is 6.92 Å². The number of carbonyl (C=O) groups excluding carboxylic acids is 1. The third-order valence-electron chi connectivity index (χ3n) is 5.46. The Morgan fingerprint density at radius 3 is 2.36 bits per heavy atom. The second-order valence-corrected chi connectivity index (χ2v) is 6.83. The summed E-state index contributed by atoms with van der Waals surface area (Å²) in [6.07, 6.45) is 7.23. The van der Waals surface area contributed by atoms with Crippen molar-refractivity contribution in [3.63, 3.8) is 0 Å². The fraction of sp³-hybridized carbons (Fsp3) is 0.941. The molecule has 2 aliphatic heterocycles. The molecule has 22 heavy (non-hydrogen) atoms. The van der Waals surface area contributed by atoms with Crippen LogP contribution in [0, 0.1) is 5.92 Å². The van der Waals surface area contributed by atoms with Crippen molar-refractivity contribution in [3.05, 3.63) is 0 Å². The zero-order valence-corrected chi connectivity index (χ0v) is 13.7. The average molecular weight is 311 g/mol. The lowest BCUT2D eigenvalue weighted by atomic mass is 9.86. The molecule has 0 atom stereocenters. The van der Waals surface area contributed by atoms with E-state index in [2.05, 4.69) is 4.90 Å². The van der Waals surface area contributed by atoms with Crippen LogP contribution in [0.1, 0.15) is 51.9 Å². The number of esters is 1. The Labute approximate surface area is 133 Å². The molecule has 0 unspecified atom stereocenters. The molecule has 0 aromatic heterocycles. The highest BCUT2D eigenvalue weighted by Crippen LogP contribution is 2.38. The average Bonchev–Trinajstić information content (AvgIpc) is 2.97. The summed E-state index contributed by atoms with van der Waals surface area (Å²) in [6, 6.07) is 0.668. The molecule has 0 N–H and O–H groups in total. The maximum atomic E-state index is 11.6. The van der Waals surface area contributed by atoms with Crippen LogP contribution in [0.3, 0.4) is 0 Å².